The molecule has 0 bridgehead atoms. The smallest absolute Gasteiger partial charge is 0.257 e. The van der Waals surface area contributed by atoms with Gasteiger partial charge in [-0.15, -0.1) is 0 Å². The van der Waals surface area contributed by atoms with Crippen LogP contribution in [0.4, 0.5) is 5.69 Å². The molecule has 0 saturated heterocycles. The Morgan fingerprint density at radius 1 is 1.23 bits per heavy atom. The molecule has 8 heteroatoms. The van der Waals surface area contributed by atoms with Crippen LogP contribution in [0.25, 0.3) is 0 Å². The number of carbonyl (C=O) groups is 1. The first-order valence-corrected chi connectivity index (χ1v) is 8.71. The molecule has 0 unspecified atom stereocenters. The van der Waals surface area contributed by atoms with E-state index in [0.29, 0.717) is 22.3 Å². The van der Waals surface area contributed by atoms with Crippen LogP contribution in [-0.2, 0) is 10.0 Å². The van der Waals surface area contributed by atoms with Gasteiger partial charge in [0.2, 0.25) is 10.0 Å². The number of anilines is 1. The summed E-state index contributed by atoms with van der Waals surface area (Å²) in [5.41, 5.74) is 0.902. The lowest BCUT2D eigenvalue weighted by atomic mass is 10.2. The van der Waals surface area contributed by atoms with E-state index < -0.39 is 10.0 Å². The monoisotopic (exact) mass is 383 g/mol. The summed E-state index contributed by atoms with van der Waals surface area (Å²) in [5.74, 6) is -0.323. The number of sulfonamides is 1. The SMILES string of the molecule is CCNS(=O)(=O)c1ccc(NC(=O)c2cncc(Br)c2)cc1. The molecule has 1 heterocycles. The maximum atomic E-state index is 12.0. The minimum Gasteiger partial charge on any atom is -0.322 e. The maximum absolute atomic E-state index is 12.0. The van der Waals surface area contributed by atoms with Crippen LogP contribution in [0.3, 0.4) is 0 Å². The topological polar surface area (TPSA) is 88.2 Å². The minimum absolute atomic E-state index is 0.150. The largest absolute Gasteiger partial charge is 0.322 e. The second-order valence-corrected chi connectivity index (χ2v) is 7.05. The van der Waals surface area contributed by atoms with Gasteiger partial charge in [-0.3, -0.25) is 9.78 Å². The maximum Gasteiger partial charge on any atom is 0.257 e. The zero-order chi connectivity index (χ0) is 16.2. The molecule has 22 heavy (non-hydrogen) atoms. The Hall–Kier alpha value is -1.77. The number of aromatic nitrogens is 1. The molecule has 2 N–H and O–H groups in total. The van der Waals surface area contributed by atoms with E-state index in [-0.39, 0.29) is 10.8 Å². The highest BCUT2D eigenvalue weighted by Crippen LogP contribution is 2.16. The standard InChI is InChI=1S/C14H14BrN3O3S/c1-2-17-22(20,21)13-5-3-12(4-6-13)18-14(19)10-7-11(15)9-16-8-10/h3-9,17H,2H2,1H3,(H,18,19). The minimum atomic E-state index is -3.49. The third kappa shape index (κ3) is 4.12. The van der Waals surface area contributed by atoms with Crippen molar-refractivity contribution in [1.29, 1.82) is 0 Å². The van der Waals surface area contributed by atoms with Crippen molar-refractivity contribution in [3.05, 3.63) is 52.8 Å². The summed E-state index contributed by atoms with van der Waals surface area (Å²) in [6.07, 6.45) is 3.03. The quantitative estimate of drug-likeness (QED) is 0.829. The van der Waals surface area contributed by atoms with Gasteiger partial charge in [0.25, 0.3) is 5.91 Å². The van der Waals surface area contributed by atoms with Crippen LogP contribution in [0, 0.1) is 0 Å². The van der Waals surface area contributed by atoms with E-state index >= 15 is 0 Å². The summed E-state index contributed by atoms with van der Waals surface area (Å²) in [4.78, 5) is 16.1. The van der Waals surface area contributed by atoms with Gasteiger partial charge in [0.1, 0.15) is 0 Å². The number of carbonyl (C=O) groups excluding carboxylic acids is 1. The van der Waals surface area contributed by atoms with Gasteiger partial charge in [-0.25, -0.2) is 13.1 Å². The molecule has 1 amide bonds. The van der Waals surface area contributed by atoms with Crippen LogP contribution in [0.15, 0.2) is 52.1 Å². The Labute approximate surface area is 137 Å². The third-order valence-corrected chi connectivity index (χ3v) is 4.72. The van der Waals surface area contributed by atoms with Gasteiger partial charge >= 0.3 is 0 Å². The second-order valence-electron chi connectivity index (χ2n) is 4.37. The summed E-state index contributed by atoms with van der Waals surface area (Å²) < 4.78 is 26.7. The van der Waals surface area contributed by atoms with Crippen LogP contribution in [0.2, 0.25) is 0 Å². The average molecular weight is 384 g/mol. The molecule has 2 aromatic rings. The molecule has 0 spiro atoms. The predicted molar refractivity (Wildman–Crippen MR) is 87.2 cm³/mol. The van der Waals surface area contributed by atoms with E-state index in [9.17, 15) is 13.2 Å². The first-order valence-electron chi connectivity index (χ1n) is 6.44. The number of hydrogen-bond acceptors (Lipinski definition) is 4. The molecule has 0 saturated carbocycles. The molecule has 0 fully saturated rings. The lowest BCUT2D eigenvalue weighted by Crippen LogP contribution is -2.23. The van der Waals surface area contributed by atoms with Gasteiger partial charge < -0.3 is 5.32 Å². The Kier molecular flexibility index (Phi) is 5.28. The highest BCUT2D eigenvalue weighted by Gasteiger charge is 2.13. The normalized spacial score (nSPS) is 11.2. The molecule has 0 aliphatic rings. The van der Waals surface area contributed by atoms with Crippen molar-refractivity contribution in [2.24, 2.45) is 0 Å². The number of pyridine rings is 1. The van der Waals surface area contributed by atoms with Gasteiger partial charge in [-0.1, -0.05) is 6.92 Å². The van der Waals surface area contributed by atoms with Gasteiger partial charge in [0, 0.05) is 29.1 Å². The van der Waals surface area contributed by atoms with E-state index in [0.717, 1.165) is 0 Å². The van der Waals surface area contributed by atoms with E-state index in [4.69, 9.17) is 0 Å². The molecule has 116 valence electrons. The van der Waals surface area contributed by atoms with Crippen LogP contribution in [0.5, 0.6) is 0 Å². The molecular formula is C14H14BrN3O3S. The molecule has 0 atom stereocenters. The molecule has 1 aromatic heterocycles. The Morgan fingerprint density at radius 2 is 1.91 bits per heavy atom. The highest BCUT2D eigenvalue weighted by atomic mass is 79.9. The first kappa shape index (κ1) is 16.6. The van der Waals surface area contributed by atoms with E-state index in [1.165, 1.54) is 30.5 Å². The number of benzene rings is 1. The number of nitrogens with one attached hydrogen (secondary N) is 2. The van der Waals surface area contributed by atoms with Crippen molar-refractivity contribution < 1.29 is 13.2 Å². The highest BCUT2D eigenvalue weighted by molar-refractivity contribution is 9.10. The molecule has 0 aliphatic carbocycles. The number of rotatable bonds is 5. The van der Waals surface area contributed by atoms with Crippen molar-refractivity contribution in [3.8, 4) is 0 Å². The predicted octanol–water partition coefficient (Wildman–Crippen LogP) is 2.39. The average Bonchev–Trinajstić information content (AvgIpc) is 2.47. The number of nitrogens with zero attached hydrogens (tertiary/aromatic N) is 1. The van der Waals surface area contributed by atoms with Gasteiger partial charge in [0.05, 0.1) is 10.5 Å². The number of halogens is 1. The zero-order valence-corrected chi connectivity index (χ0v) is 14.1. The summed E-state index contributed by atoms with van der Waals surface area (Å²) in [7, 11) is -3.49. The first-order chi connectivity index (χ1) is 10.4. The second kappa shape index (κ2) is 6.99. The molecular weight excluding hydrogens is 370 g/mol. The Bertz CT molecular complexity index is 776. The van der Waals surface area contributed by atoms with Crippen molar-refractivity contribution in [1.82, 2.24) is 9.71 Å². The van der Waals surface area contributed by atoms with Crippen molar-refractivity contribution in [2.75, 3.05) is 11.9 Å². The molecule has 6 nitrogen and oxygen atoms in total. The van der Waals surface area contributed by atoms with E-state index in [1.54, 1.807) is 19.2 Å². The molecule has 0 radical (unpaired) electrons. The number of amides is 1. The zero-order valence-electron chi connectivity index (χ0n) is 11.7. The van der Waals surface area contributed by atoms with Crippen LogP contribution < -0.4 is 10.0 Å². The fourth-order valence-corrected chi connectivity index (χ4v) is 3.14. The van der Waals surface area contributed by atoms with Crippen LogP contribution >= 0.6 is 15.9 Å². The van der Waals surface area contributed by atoms with Crippen molar-refractivity contribution in [3.63, 3.8) is 0 Å². The van der Waals surface area contributed by atoms with E-state index in [2.05, 4.69) is 31.0 Å². The van der Waals surface area contributed by atoms with Crippen LogP contribution in [0.1, 0.15) is 17.3 Å². The summed E-state index contributed by atoms with van der Waals surface area (Å²) in [6.45, 7) is 2.02. The number of hydrogen-bond donors (Lipinski definition) is 2. The molecule has 2 rings (SSSR count). The lowest BCUT2D eigenvalue weighted by molar-refractivity contribution is 0.102. The molecule has 1 aromatic carbocycles. The van der Waals surface area contributed by atoms with E-state index in [1.807, 2.05) is 0 Å². The fourth-order valence-electron chi connectivity index (χ4n) is 1.73. The summed E-state index contributed by atoms with van der Waals surface area (Å²) in [6, 6.07) is 7.59. The Balaban J connectivity index is 2.13. The van der Waals surface area contributed by atoms with Gasteiger partial charge in [0.15, 0.2) is 0 Å². The van der Waals surface area contributed by atoms with Gasteiger partial charge in [-0.2, -0.15) is 0 Å². The van der Waals surface area contributed by atoms with Crippen molar-refractivity contribution >= 4 is 37.5 Å². The third-order valence-electron chi connectivity index (χ3n) is 2.72. The summed E-state index contributed by atoms with van der Waals surface area (Å²) in [5, 5.41) is 2.68. The lowest BCUT2D eigenvalue weighted by Gasteiger charge is -2.07. The fraction of sp³-hybridized carbons (Fsp3) is 0.143. The van der Waals surface area contributed by atoms with Gasteiger partial charge in [-0.05, 0) is 46.3 Å². The summed E-state index contributed by atoms with van der Waals surface area (Å²) >= 11 is 3.25. The van der Waals surface area contributed by atoms with Crippen molar-refractivity contribution in [2.45, 2.75) is 11.8 Å². The van der Waals surface area contributed by atoms with Crippen LogP contribution in [-0.4, -0.2) is 25.9 Å². The Morgan fingerprint density at radius 3 is 2.50 bits per heavy atom. The molecule has 0 aliphatic heterocycles.